The third-order valence-corrected chi connectivity index (χ3v) is 3.81. The van der Waals surface area contributed by atoms with Crippen molar-refractivity contribution < 1.29 is 9.90 Å². The maximum Gasteiger partial charge on any atom is 0.320 e. The number of para-hydroxylation sites is 1. The van der Waals surface area contributed by atoms with E-state index in [9.17, 15) is 4.79 Å². The molecule has 1 aromatic heterocycles. The molecule has 5 nitrogen and oxygen atoms in total. The number of anilines is 2. The van der Waals surface area contributed by atoms with Gasteiger partial charge in [-0.25, -0.2) is 4.98 Å². The quantitative estimate of drug-likeness (QED) is 0.856. The number of hydrogen-bond acceptors (Lipinski definition) is 5. The Balaban J connectivity index is 1.97. The van der Waals surface area contributed by atoms with Crippen LogP contribution in [0.3, 0.4) is 0 Å². The molecule has 1 aromatic carbocycles. The molecular weight excluding hydrogens is 274 g/mol. The zero-order chi connectivity index (χ0) is 14.5. The smallest absolute Gasteiger partial charge is 0.320 e. The number of carboxylic acids is 1. The van der Waals surface area contributed by atoms with Crippen LogP contribution < -0.4 is 5.32 Å². The SMILES string of the molecule is CC(C(=O)O)N(C)Cc1csc(Nc2ccccc2)n1. The first-order valence-electron chi connectivity index (χ1n) is 6.26. The number of hydrogen-bond donors (Lipinski definition) is 2. The zero-order valence-electron chi connectivity index (χ0n) is 11.4. The van der Waals surface area contributed by atoms with Gasteiger partial charge in [-0.05, 0) is 26.1 Å². The number of nitrogens with zero attached hydrogens (tertiary/aromatic N) is 2. The summed E-state index contributed by atoms with van der Waals surface area (Å²) in [5.74, 6) is -0.828. The van der Waals surface area contributed by atoms with Crippen LogP contribution in [0.1, 0.15) is 12.6 Å². The minimum atomic E-state index is -0.828. The Labute approximate surface area is 121 Å². The van der Waals surface area contributed by atoms with Gasteiger partial charge in [0.25, 0.3) is 0 Å². The van der Waals surface area contributed by atoms with Crippen molar-refractivity contribution in [3.05, 3.63) is 41.4 Å². The normalized spacial score (nSPS) is 12.3. The molecule has 0 bridgehead atoms. The van der Waals surface area contributed by atoms with E-state index in [1.54, 1.807) is 18.9 Å². The molecule has 0 saturated heterocycles. The predicted octanol–water partition coefficient (Wildman–Crippen LogP) is 2.79. The Bertz CT molecular complexity index is 571. The summed E-state index contributed by atoms with van der Waals surface area (Å²) in [7, 11) is 1.78. The molecule has 0 saturated carbocycles. The minimum absolute atomic E-state index is 0.514. The maximum atomic E-state index is 10.9. The molecule has 0 aliphatic heterocycles. The van der Waals surface area contributed by atoms with Gasteiger partial charge in [0.15, 0.2) is 5.13 Å². The topological polar surface area (TPSA) is 65.5 Å². The fourth-order valence-corrected chi connectivity index (χ4v) is 2.38. The van der Waals surface area contributed by atoms with Crippen molar-refractivity contribution in [3.8, 4) is 0 Å². The highest BCUT2D eigenvalue weighted by Gasteiger charge is 2.17. The number of nitrogens with one attached hydrogen (secondary N) is 1. The van der Waals surface area contributed by atoms with Gasteiger partial charge in [0.05, 0.1) is 5.69 Å². The molecule has 1 atom stereocenters. The third-order valence-electron chi connectivity index (χ3n) is 3.01. The van der Waals surface area contributed by atoms with Crippen molar-refractivity contribution in [2.75, 3.05) is 12.4 Å². The molecular formula is C14H17N3O2S. The molecule has 0 aliphatic carbocycles. The lowest BCUT2D eigenvalue weighted by atomic mass is 10.3. The molecule has 0 radical (unpaired) electrons. The molecule has 1 unspecified atom stereocenters. The summed E-state index contributed by atoms with van der Waals surface area (Å²) < 4.78 is 0. The monoisotopic (exact) mass is 291 g/mol. The second kappa shape index (κ2) is 6.49. The lowest BCUT2D eigenvalue weighted by molar-refractivity contribution is -0.142. The van der Waals surface area contributed by atoms with Gasteiger partial charge in [-0.1, -0.05) is 18.2 Å². The Morgan fingerprint density at radius 1 is 1.45 bits per heavy atom. The lowest BCUT2D eigenvalue weighted by Gasteiger charge is -2.19. The molecule has 0 fully saturated rings. The predicted molar refractivity (Wildman–Crippen MR) is 80.4 cm³/mol. The number of carbonyl (C=O) groups is 1. The Hall–Kier alpha value is -1.92. The van der Waals surface area contributed by atoms with Gasteiger partial charge in [-0.3, -0.25) is 9.69 Å². The van der Waals surface area contributed by atoms with Crippen LogP contribution in [0.15, 0.2) is 35.7 Å². The highest BCUT2D eigenvalue weighted by Crippen LogP contribution is 2.21. The number of aromatic nitrogens is 1. The molecule has 0 spiro atoms. The Morgan fingerprint density at radius 2 is 2.15 bits per heavy atom. The van der Waals surface area contributed by atoms with Crippen LogP contribution in [0, 0.1) is 0 Å². The van der Waals surface area contributed by atoms with E-state index in [1.165, 1.54) is 11.3 Å². The molecule has 6 heteroatoms. The van der Waals surface area contributed by atoms with E-state index in [4.69, 9.17) is 5.11 Å². The summed E-state index contributed by atoms with van der Waals surface area (Å²) >= 11 is 1.51. The second-order valence-corrected chi connectivity index (χ2v) is 5.42. The molecule has 2 aromatic rings. The molecule has 0 aliphatic rings. The average molecular weight is 291 g/mol. The first-order valence-corrected chi connectivity index (χ1v) is 7.14. The van der Waals surface area contributed by atoms with E-state index < -0.39 is 12.0 Å². The van der Waals surface area contributed by atoms with E-state index in [1.807, 2.05) is 35.7 Å². The van der Waals surface area contributed by atoms with Gasteiger partial charge in [-0.2, -0.15) is 0 Å². The summed E-state index contributed by atoms with van der Waals surface area (Å²) in [4.78, 5) is 17.1. The van der Waals surface area contributed by atoms with Crippen LogP contribution in [0.5, 0.6) is 0 Å². The number of rotatable bonds is 6. The third kappa shape index (κ3) is 3.79. The Morgan fingerprint density at radius 3 is 2.80 bits per heavy atom. The van der Waals surface area contributed by atoms with Crippen LogP contribution in [-0.4, -0.2) is 34.0 Å². The van der Waals surface area contributed by atoms with Crippen LogP contribution >= 0.6 is 11.3 Å². The van der Waals surface area contributed by atoms with Gasteiger partial charge in [0.1, 0.15) is 6.04 Å². The first kappa shape index (κ1) is 14.5. The Kier molecular flexibility index (Phi) is 4.70. The van der Waals surface area contributed by atoms with Crippen molar-refractivity contribution >= 4 is 28.1 Å². The van der Waals surface area contributed by atoms with E-state index in [-0.39, 0.29) is 0 Å². The van der Waals surface area contributed by atoms with Crippen LogP contribution in [-0.2, 0) is 11.3 Å². The summed E-state index contributed by atoms with van der Waals surface area (Å²) in [6.07, 6.45) is 0. The standard InChI is InChI=1S/C14H17N3O2S/c1-10(13(18)19)17(2)8-12-9-20-14(16-12)15-11-6-4-3-5-7-11/h3-7,9-10H,8H2,1-2H3,(H,15,16)(H,18,19). The summed E-state index contributed by atoms with van der Waals surface area (Å²) in [5, 5.41) is 14.9. The van der Waals surface area contributed by atoms with Gasteiger partial charge in [-0.15, -0.1) is 11.3 Å². The summed E-state index contributed by atoms with van der Waals surface area (Å²) in [5.41, 5.74) is 1.85. The van der Waals surface area contributed by atoms with E-state index in [0.29, 0.717) is 6.54 Å². The lowest BCUT2D eigenvalue weighted by Crippen LogP contribution is -2.35. The molecule has 2 rings (SSSR count). The second-order valence-electron chi connectivity index (χ2n) is 4.56. The average Bonchev–Trinajstić information content (AvgIpc) is 2.86. The number of aliphatic carboxylic acids is 1. The van der Waals surface area contributed by atoms with E-state index >= 15 is 0 Å². The van der Waals surface area contributed by atoms with Crippen molar-refractivity contribution in [3.63, 3.8) is 0 Å². The fourth-order valence-electron chi connectivity index (χ4n) is 1.66. The van der Waals surface area contributed by atoms with Gasteiger partial charge in [0, 0.05) is 17.6 Å². The van der Waals surface area contributed by atoms with Crippen LogP contribution in [0.4, 0.5) is 10.8 Å². The summed E-state index contributed by atoms with van der Waals surface area (Å²) in [6, 6.07) is 9.29. The van der Waals surface area contributed by atoms with Gasteiger partial charge >= 0.3 is 5.97 Å². The molecule has 2 N–H and O–H groups in total. The molecule has 0 amide bonds. The largest absolute Gasteiger partial charge is 0.480 e. The fraction of sp³-hybridized carbons (Fsp3) is 0.286. The van der Waals surface area contributed by atoms with Crippen molar-refractivity contribution in [2.24, 2.45) is 0 Å². The highest BCUT2D eigenvalue weighted by atomic mass is 32.1. The van der Waals surface area contributed by atoms with Gasteiger partial charge in [0.2, 0.25) is 0 Å². The van der Waals surface area contributed by atoms with Crippen LogP contribution in [0.2, 0.25) is 0 Å². The molecule has 106 valence electrons. The van der Waals surface area contributed by atoms with Crippen molar-refractivity contribution in [1.82, 2.24) is 9.88 Å². The number of likely N-dealkylation sites (N-methyl/N-ethyl adjacent to an activating group) is 1. The number of carboxylic acid groups (broad SMARTS) is 1. The molecule has 20 heavy (non-hydrogen) atoms. The minimum Gasteiger partial charge on any atom is -0.480 e. The van der Waals surface area contributed by atoms with Crippen molar-refractivity contribution in [1.29, 1.82) is 0 Å². The van der Waals surface area contributed by atoms with Gasteiger partial charge < -0.3 is 10.4 Å². The first-order chi connectivity index (χ1) is 9.56. The number of thiazole rings is 1. The number of benzene rings is 1. The van der Waals surface area contributed by atoms with E-state index in [0.717, 1.165) is 16.5 Å². The van der Waals surface area contributed by atoms with Crippen molar-refractivity contribution in [2.45, 2.75) is 19.5 Å². The van der Waals surface area contributed by atoms with E-state index in [2.05, 4.69) is 10.3 Å². The highest BCUT2D eigenvalue weighted by molar-refractivity contribution is 7.13. The maximum absolute atomic E-state index is 10.9. The summed E-state index contributed by atoms with van der Waals surface area (Å²) in [6.45, 7) is 2.18. The molecule has 1 heterocycles. The zero-order valence-corrected chi connectivity index (χ0v) is 12.2. The van der Waals surface area contributed by atoms with Crippen LogP contribution in [0.25, 0.3) is 0 Å².